The third-order valence-corrected chi connectivity index (χ3v) is 4.72. The predicted octanol–water partition coefficient (Wildman–Crippen LogP) is 1.15. The van der Waals surface area contributed by atoms with E-state index in [1.165, 1.54) is 0 Å². The molecule has 3 aliphatic rings. The van der Waals surface area contributed by atoms with Crippen LogP contribution in [0.5, 0.6) is 0 Å². The van der Waals surface area contributed by atoms with Crippen LogP contribution < -0.4 is 5.32 Å². The molecule has 2 fully saturated rings. The van der Waals surface area contributed by atoms with Gasteiger partial charge < -0.3 is 19.8 Å². The zero-order chi connectivity index (χ0) is 14.2. The Bertz CT molecular complexity index is 429. The summed E-state index contributed by atoms with van der Waals surface area (Å²) in [7, 11) is 0. The molecule has 0 amide bonds. The van der Waals surface area contributed by atoms with Crippen molar-refractivity contribution in [2.24, 2.45) is 10.6 Å². The Morgan fingerprint density at radius 2 is 2.10 bits per heavy atom. The fourth-order valence-electron chi connectivity index (χ4n) is 3.03. The summed E-state index contributed by atoms with van der Waals surface area (Å²) in [6, 6.07) is 0. The summed E-state index contributed by atoms with van der Waals surface area (Å²) in [6.07, 6.45) is 2.52. The highest BCUT2D eigenvalue weighted by Crippen LogP contribution is 2.35. The lowest BCUT2D eigenvalue weighted by atomic mass is 9.80. The van der Waals surface area contributed by atoms with Gasteiger partial charge in [0.15, 0.2) is 5.60 Å². The second-order valence-corrected chi connectivity index (χ2v) is 6.33. The highest BCUT2D eigenvalue weighted by atomic mass is 35.5. The molecule has 2 saturated heterocycles. The Kier molecular flexibility index (Phi) is 4.68. The molecule has 3 heterocycles. The fraction of sp³-hybridized carbons (Fsp3) is 0.857. The van der Waals surface area contributed by atoms with E-state index in [2.05, 4.69) is 15.4 Å². The molecule has 0 aromatic rings. The summed E-state index contributed by atoms with van der Waals surface area (Å²) in [6.45, 7) is 7.78. The van der Waals surface area contributed by atoms with Gasteiger partial charge in [-0.05, 0) is 26.7 Å². The van der Waals surface area contributed by atoms with Gasteiger partial charge in [0, 0.05) is 26.2 Å². The van der Waals surface area contributed by atoms with Gasteiger partial charge in [0.1, 0.15) is 5.84 Å². The minimum Gasteiger partial charge on any atom is -0.466 e. The quantitative estimate of drug-likeness (QED) is 0.774. The van der Waals surface area contributed by atoms with Crippen molar-refractivity contribution in [3.63, 3.8) is 0 Å². The van der Waals surface area contributed by atoms with E-state index in [1.807, 2.05) is 13.8 Å². The number of likely N-dealkylation sites (tertiary alicyclic amines) is 1. The lowest BCUT2D eigenvalue weighted by Gasteiger charge is -2.39. The van der Waals surface area contributed by atoms with Crippen LogP contribution in [0.3, 0.4) is 0 Å². The molecule has 3 rings (SSSR count). The van der Waals surface area contributed by atoms with Crippen LogP contribution in [0.2, 0.25) is 0 Å². The minimum absolute atomic E-state index is 0. The van der Waals surface area contributed by atoms with Crippen LogP contribution in [-0.4, -0.2) is 55.1 Å². The van der Waals surface area contributed by atoms with Gasteiger partial charge in [0.05, 0.1) is 18.4 Å². The van der Waals surface area contributed by atoms with E-state index in [9.17, 15) is 4.79 Å². The predicted molar refractivity (Wildman–Crippen MR) is 81.5 cm³/mol. The number of amidine groups is 1. The number of carbonyl (C=O) groups excluding carboxylic acids is 1. The van der Waals surface area contributed by atoms with Crippen molar-refractivity contribution in [2.45, 2.75) is 38.7 Å². The molecule has 0 aromatic heterocycles. The van der Waals surface area contributed by atoms with Crippen molar-refractivity contribution in [3.05, 3.63) is 0 Å². The normalized spacial score (nSPS) is 25.4. The molecule has 6 nitrogen and oxygen atoms in total. The van der Waals surface area contributed by atoms with Crippen LogP contribution in [0, 0.1) is 5.41 Å². The van der Waals surface area contributed by atoms with Gasteiger partial charge >= 0.3 is 5.97 Å². The molecule has 0 aromatic carbocycles. The molecule has 1 spiro atoms. The molecule has 0 unspecified atom stereocenters. The van der Waals surface area contributed by atoms with Crippen molar-refractivity contribution in [3.8, 4) is 0 Å². The maximum absolute atomic E-state index is 12.0. The Hall–Kier alpha value is -1.01. The number of hydrogen-bond donors (Lipinski definition) is 1. The molecule has 0 aliphatic carbocycles. The summed E-state index contributed by atoms with van der Waals surface area (Å²) in [5.41, 5.74) is -0.431. The fourth-order valence-corrected chi connectivity index (χ4v) is 3.03. The zero-order valence-corrected chi connectivity index (χ0v) is 13.5. The number of rotatable bonds is 2. The minimum atomic E-state index is -0.345. The van der Waals surface area contributed by atoms with Gasteiger partial charge in [-0.25, -0.2) is 0 Å². The van der Waals surface area contributed by atoms with Crippen molar-refractivity contribution < 1.29 is 14.4 Å². The van der Waals surface area contributed by atoms with Crippen LogP contribution >= 0.6 is 12.4 Å². The Morgan fingerprint density at radius 1 is 1.43 bits per heavy atom. The van der Waals surface area contributed by atoms with Crippen molar-refractivity contribution in [2.75, 3.05) is 32.8 Å². The molecule has 7 heteroatoms. The van der Waals surface area contributed by atoms with Gasteiger partial charge in [-0.1, -0.05) is 5.16 Å². The van der Waals surface area contributed by atoms with Crippen LogP contribution in [0.1, 0.15) is 33.1 Å². The average Bonchev–Trinajstić information content (AvgIpc) is 2.85. The zero-order valence-electron chi connectivity index (χ0n) is 12.7. The second-order valence-electron chi connectivity index (χ2n) is 6.33. The lowest BCUT2D eigenvalue weighted by Crippen LogP contribution is -2.60. The number of nitrogens with zero attached hydrogens (tertiary/aromatic N) is 2. The number of halogens is 1. The summed E-state index contributed by atoms with van der Waals surface area (Å²) >= 11 is 0. The molecule has 21 heavy (non-hydrogen) atoms. The Labute approximate surface area is 131 Å². The Morgan fingerprint density at radius 3 is 2.57 bits per heavy atom. The van der Waals surface area contributed by atoms with E-state index in [0.717, 1.165) is 51.3 Å². The molecule has 3 aliphatic heterocycles. The van der Waals surface area contributed by atoms with Crippen LogP contribution in [0.25, 0.3) is 0 Å². The van der Waals surface area contributed by atoms with Crippen molar-refractivity contribution in [1.29, 1.82) is 0 Å². The lowest BCUT2D eigenvalue weighted by molar-refractivity contribution is -0.156. The maximum Gasteiger partial charge on any atom is 0.311 e. The van der Waals surface area contributed by atoms with E-state index < -0.39 is 0 Å². The van der Waals surface area contributed by atoms with Gasteiger partial charge in [0.2, 0.25) is 0 Å². The van der Waals surface area contributed by atoms with E-state index in [1.54, 1.807) is 0 Å². The number of oxime groups is 1. The number of ether oxygens (including phenoxy) is 1. The average molecular weight is 318 g/mol. The van der Waals surface area contributed by atoms with E-state index in [-0.39, 0.29) is 29.4 Å². The first kappa shape index (κ1) is 16.4. The molecule has 120 valence electrons. The number of carbonyl (C=O) groups is 1. The molecule has 0 radical (unpaired) electrons. The van der Waals surface area contributed by atoms with Crippen molar-refractivity contribution in [1.82, 2.24) is 10.2 Å². The highest BCUT2D eigenvalue weighted by molar-refractivity contribution is 5.85. The van der Waals surface area contributed by atoms with Crippen LogP contribution in [-0.2, 0) is 14.4 Å². The summed E-state index contributed by atoms with van der Waals surface area (Å²) in [4.78, 5) is 19.8. The first-order valence-electron chi connectivity index (χ1n) is 7.45. The monoisotopic (exact) mass is 317 g/mol. The summed E-state index contributed by atoms with van der Waals surface area (Å²) in [5.74, 6) is 0.973. The van der Waals surface area contributed by atoms with Crippen LogP contribution in [0.4, 0.5) is 0 Å². The topological polar surface area (TPSA) is 63.2 Å². The van der Waals surface area contributed by atoms with E-state index in [0.29, 0.717) is 6.61 Å². The van der Waals surface area contributed by atoms with Gasteiger partial charge in [0.25, 0.3) is 0 Å². The number of nitrogens with one attached hydrogen (secondary N) is 1. The smallest absolute Gasteiger partial charge is 0.311 e. The first-order chi connectivity index (χ1) is 9.57. The molecule has 0 atom stereocenters. The second kappa shape index (κ2) is 6.01. The molecule has 0 saturated carbocycles. The third-order valence-electron chi connectivity index (χ3n) is 4.72. The number of esters is 1. The van der Waals surface area contributed by atoms with Gasteiger partial charge in [-0.3, -0.25) is 4.79 Å². The standard InChI is InChI=1S/C14H23N3O3.ClH/c1-3-19-12(18)13(2)4-6-17(7-5-13)11-8-14(20-16-11)9-15-10-14;/h15H,3-10H2,1-2H3;1H. The Balaban J connectivity index is 0.00000161. The van der Waals surface area contributed by atoms with Gasteiger partial charge in [-0.2, -0.15) is 0 Å². The largest absolute Gasteiger partial charge is 0.466 e. The molecule has 1 N–H and O–H groups in total. The molecular formula is C14H24ClN3O3. The van der Waals surface area contributed by atoms with Gasteiger partial charge in [-0.15, -0.1) is 12.4 Å². The SMILES string of the molecule is CCOC(=O)C1(C)CCN(C2=NOC3(CNC3)C2)CC1.Cl. The van der Waals surface area contributed by atoms with Crippen LogP contribution in [0.15, 0.2) is 5.16 Å². The molecular weight excluding hydrogens is 294 g/mol. The van der Waals surface area contributed by atoms with E-state index in [4.69, 9.17) is 9.57 Å². The van der Waals surface area contributed by atoms with E-state index >= 15 is 0 Å². The molecule has 0 bridgehead atoms. The third kappa shape index (κ3) is 2.97. The van der Waals surface area contributed by atoms with Crippen molar-refractivity contribution >= 4 is 24.2 Å². The summed E-state index contributed by atoms with van der Waals surface area (Å²) < 4.78 is 5.18. The summed E-state index contributed by atoms with van der Waals surface area (Å²) in [5, 5.41) is 7.48. The number of hydrogen-bond acceptors (Lipinski definition) is 6. The number of piperidine rings is 1. The maximum atomic E-state index is 12.0. The first-order valence-corrected chi connectivity index (χ1v) is 7.45. The highest BCUT2D eigenvalue weighted by Gasteiger charge is 2.47.